The number of hydrogen-bond donors (Lipinski definition) is 3. The van der Waals surface area contributed by atoms with Gasteiger partial charge in [-0.15, -0.1) is 5.10 Å². The highest BCUT2D eigenvalue weighted by atomic mass is 16.6. The lowest BCUT2D eigenvalue weighted by atomic mass is 9.65. The van der Waals surface area contributed by atoms with E-state index in [4.69, 9.17) is 19.2 Å². The fourth-order valence-electron chi connectivity index (χ4n) is 10.5. The van der Waals surface area contributed by atoms with E-state index in [1.807, 2.05) is 114 Å². The summed E-state index contributed by atoms with van der Waals surface area (Å²) in [7, 11) is 1.46. The molecule has 348 valence electrons. The smallest absolute Gasteiger partial charge is 0.421 e. The lowest BCUT2D eigenvalue weighted by molar-refractivity contribution is -0.178. The van der Waals surface area contributed by atoms with Crippen molar-refractivity contribution in [3.8, 4) is 17.6 Å². The standard InChI is InChI=1S/C54H44N8O8/c1-68-29-30-69-53(67)61-42-27-22-33(13-12-28-60-43-21-11-10-20-41(43)58-59-60)31-38(42)54(52(61)66)45(50(64)55-32-44-56-39-18-8-9-19-40(39)57-44)47-51(65)70-48(35-16-6-3-7-17-35)46(34-14-4-2-5-15-34)62(47)49(54)36-23-25-37(63)26-24-36/h2-11,14-27,31,45-49,63H,28-30,32H2,1H3,(H,55,64)(H,56,57)/t45-,46-,47-,48+,49+,54-/m0/s1. The van der Waals surface area contributed by atoms with Crippen molar-refractivity contribution >= 4 is 51.6 Å². The van der Waals surface area contributed by atoms with Crippen LogP contribution in [0.15, 0.2) is 152 Å². The van der Waals surface area contributed by atoms with Crippen molar-refractivity contribution in [2.24, 2.45) is 5.92 Å². The first-order valence-electron chi connectivity index (χ1n) is 22.8. The number of aromatic hydroxyl groups is 1. The SMILES string of the molecule is COCCOC(=O)N1C(=O)[C@@]2(c3cc(C#CCn4nnc5ccccc54)ccc31)[C@H](C(=O)NCc1nc3ccccc3[nH]1)[C@H]1C(=O)O[C@H](c3ccccc3)[C@H](c3ccccc3)N1[C@@H]2c1ccc(O)cc1. The Balaban J connectivity index is 1.15. The zero-order chi connectivity index (χ0) is 47.9. The monoisotopic (exact) mass is 932 g/mol. The number of rotatable bonds is 10. The van der Waals surface area contributed by atoms with Gasteiger partial charge in [0.2, 0.25) is 11.8 Å². The van der Waals surface area contributed by atoms with Gasteiger partial charge in [0.05, 0.1) is 53.4 Å². The van der Waals surface area contributed by atoms with E-state index < -0.39 is 59.4 Å². The molecule has 2 aromatic heterocycles. The van der Waals surface area contributed by atoms with E-state index in [0.717, 1.165) is 21.5 Å². The number of para-hydroxylation sites is 3. The molecule has 5 heterocycles. The number of methoxy groups -OCH3 is 1. The topological polar surface area (TPSA) is 194 Å². The number of aromatic amines is 1. The van der Waals surface area contributed by atoms with E-state index in [0.29, 0.717) is 33.5 Å². The molecule has 16 heteroatoms. The fourth-order valence-corrected chi connectivity index (χ4v) is 10.5. The number of phenolic OH excluding ortho intramolecular Hbond substituents is 1. The summed E-state index contributed by atoms with van der Waals surface area (Å²) in [5.41, 5.74) is 3.60. The summed E-state index contributed by atoms with van der Waals surface area (Å²) in [6.07, 6.45) is -1.94. The van der Waals surface area contributed by atoms with Crippen molar-refractivity contribution in [2.75, 3.05) is 25.2 Å². The molecule has 6 aromatic carbocycles. The number of hydrogen-bond acceptors (Lipinski definition) is 12. The number of fused-ring (bicyclic) bond motifs is 5. The maximum atomic E-state index is 16.4. The molecule has 0 aliphatic carbocycles. The Morgan fingerprint density at radius 2 is 1.53 bits per heavy atom. The third-order valence-corrected chi connectivity index (χ3v) is 13.4. The molecular weight excluding hydrogens is 889 g/mol. The van der Waals surface area contributed by atoms with Gasteiger partial charge in [-0.1, -0.05) is 114 Å². The second kappa shape index (κ2) is 18.1. The molecule has 16 nitrogen and oxygen atoms in total. The van der Waals surface area contributed by atoms with Gasteiger partial charge in [0.25, 0.3) is 0 Å². The Morgan fingerprint density at radius 1 is 0.814 bits per heavy atom. The predicted octanol–water partition coefficient (Wildman–Crippen LogP) is 6.83. The minimum Gasteiger partial charge on any atom is -0.508 e. The van der Waals surface area contributed by atoms with Crippen LogP contribution in [0.2, 0.25) is 0 Å². The van der Waals surface area contributed by atoms with Crippen LogP contribution in [-0.4, -0.2) is 85.2 Å². The number of nitrogens with one attached hydrogen (secondary N) is 2. The third-order valence-electron chi connectivity index (χ3n) is 13.4. The van der Waals surface area contributed by atoms with Gasteiger partial charge in [-0.3, -0.25) is 19.3 Å². The summed E-state index contributed by atoms with van der Waals surface area (Å²) in [6.45, 7) is -0.0664. The van der Waals surface area contributed by atoms with Gasteiger partial charge in [0.1, 0.15) is 47.8 Å². The van der Waals surface area contributed by atoms with Crippen LogP contribution in [-0.2, 0) is 47.1 Å². The Morgan fingerprint density at radius 3 is 2.29 bits per heavy atom. The van der Waals surface area contributed by atoms with Gasteiger partial charge in [0, 0.05) is 12.7 Å². The average molecular weight is 933 g/mol. The van der Waals surface area contributed by atoms with E-state index in [1.165, 1.54) is 19.2 Å². The van der Waals surface area contributed by atoms with Crippen molar-refractivity contribution in [3.63, 3.8) is 0 Å². The van der Waals surface area contributed by atoms with Crippen LogP contribution in [0.1, 0.15) is 51.8 Å². The van der Waals surface area contributed by atoms with Gasteiger partial charge in [-0.25, -0.2) is 19.4 Å². The molecule has 3 amide bonds. The van der Waals surface area contributed by atoms with Crippen molar-refractivity contribution < 1.29 is 38.5 Å². The van der Waals surface area contributed by atoms with Crippen LogP contribution in [0.25, 0.3) is 22.1 Å². The maximum absolute atomic E-state index is 16.4. The number of amides is 3. The Bertz CT molecular complexity index is 3330. The summed E-state index contributed by atoms with van der Waals surface area (Å²) in [4.78, 5) is 72.9. The van der Waals surface area contributed by atoms with Crippen molar-refractivity contribution in [2.45, 2.75) is 42.7 Å². The highest BCUT2D eigenvalue weighted by Crippen LogP contribution is 2.66. The summed E-state index contributed by atoms with van der Waals surface area (Å²) in [5, 5.41) is 22.4. The number of H-pyrrole nitrogens is 1. The number of imide groups is 1. The number of phenols is 1. The molecule has 0 radical (unpaired) electrons. The molecule has 0 unspecified atom stereocenters. The van der Waals surface area contributed by atoms with E-state index in [-0.39, 0.29) is 43.3 Å². The van der Waals surface area contributed by atoms with Crippen LogP contribution >= 0.6 is 0 Å². The largest absolute Gasteiger partial charge is 0.508 e. The number of benzene rings is 6. The zero-order valence-corrected chi connectivity index (χ0v) is 37.6. The van der Waals surface area contributed by atoms with Crippen LogP contribution in [0.5, 0.6) is 5.75 Å². The van der Waals surface area contributed by atoms with Crippen LogP contribution < -0.4 is 10.2 Å². The molecule has 6 atom stereocenters. The molecule has 2 saturated heterocycles. The molecule has 3 N–H and O–H groups in total. The normalized spacial score (nSPS) is 21.6. The Kier molecular flexibility index (Phi) is 11.4. The molecule has 11 rings (SSSR count). The number of imidazole rings is 1. The number of anilines is 1. The minimum absolute atomic E-state index is 0.0473. The van der Waals surface area contributed by atoms with Crippen LogP contribution in [0.3, 0.4) is 0 Å². The van der Waals surface area contributed by atoms with E-state index in [1.54, 1.807) is 35.0 Å². The Labute approximate surface area is 400 Å². The molecule has 2 fully saturated rings. The van der Waals surface area contributed by atoms with E-state index in [2.05, 4.69) is 32.5 Å². The number of cyclic esters (lactones) is 1. The maximum Gasteiger partial charge on any atom is 0.421 e. The summed E-state index contributed by atoms with van der Waals surface area (Å²) >= 11 is 0. The lowest BCUT2D eigenvalue weighted by Crippen LogP contribution is -2.55. The van der Waals surface area contributed by atoms with Gasteiger partial charge in [0.15, 0.2) is 0 Å². The van der Waals surface area contributed by atoms with Gasteiger partial charge < -0.3 is 29.6 Å². The van der Waals surface area contributed by atoms with Gasteiger partial charge in [-0.05, 0) is 76.9 Å². The molecule has 8 aromatic rings. The minimum atomic E-state index is -2.08. The first-order valence-corrected chi connectivity index (χ1v) is 22.8. The van der Waals surface area contributed by atoms with Crippen LogP contribution in [0.4, 0.5) is 10.5 Å². The number of aromatic nitrogens is 5. The summed E-state index contributed by atoms with van der Waals surface area (Å²) in [5.74, 6) is 3.00. The lowest BCUT2D eigenvalue weighted by Gasteiger charge is -2.46. The fraction of sp³-hybridized carbons (Fsp3) is 0.204. The first kappa shape index (κ1) is 43.9. The van der Waals surface area contributed by atoms with Gasteiger partial charge >= 0.3 is 12.1 Å². The molecule has 3 aliphatic rings. The van der Waals surface area contributed by atoms with E-state index >= 15 is 14.4 Å². The predicted molar refractivity (Wildman–Crippen MR) is 256 cm³/mol. The average Bonchev–Trinajstić information content (AvgIpc) is 4.15. The number of carbonyl (C=O) groups is 4. The van der Waals surface area contributed by atoms with E-state index in [9.17, 15) is 9.90 Å². The quantitative estimate of drug-likeness (QED) is 0.0737. The summed E-state index contributed by atoms with van der Waals surface area (Å²) in [6, 6.07) is 41.7. The highest BCUT2D eigenvalue weighted by molar-refractivity contribution is 6.23. The summed E-state index contributed by atoms with van der Waals surface area (Å²) < 4.78 is 19.1. The molecule has 70 heavy (non-hydrogen) atoms. The number of esters is 1. The molecule has 3 aliphatic heterocycles. The molecule has 1 spiro atoms. The number of carbonyl (C=O) groups excluding carboxylic acids is 4. The third kappa shape index (κ3) is 7.39. The van der Waals surface area contributed by atoms with Gasteiger partial charge in [-0.2, -0.15) is 0 Å². The van der Waals surface area contributed by atoms with Crippen molar-refractivity contribution in [1.82, 2.24) is 35.2 Å². The second-order valence-corrected chi connectivity index (χ2v) is 17.3. The second-order valence-electron chi connectivity index (χ2n) is 17.3. The van der Waals surface area contributed by atoms with Crippen molar-refractivity contribution in [3.05, 3.63) is 185 Å². The number of morpholine rings is 1. The molecule has 0 bridgehead atoms. The Hall–Kier alpha value is -8.65. The zero-order valence-electron chi connectivity index (χ0n) is 37.6. The van der Waals surface area contributed by atoms with Crippen molar-refractivity contribution in [1.29, 1.82) is 0 Å². The first-order chi connectivity index (χ1) is 34.3. The molecule has 0 saturated carbocycles. The number of nitrogens with zero attached hydrogens (tertiary/aromatic N) is 6. The van der Waals surface area contributed by atoms with Crippen LogP contribution in [0, 0.1) is 17.8 Å². The number of ether oxygens (including phenoxy) is 3. The molecular formula is C54H44N8O8. The highest BCUT2D eigenvalue weighted by Gasteiger charge is 2.75.